The molecule has 4 heteroatoms. The Morgan fingerprint density at radius 1 is 1.56 bits per heavy atom. The molecule has 0 aliphatic heterocycles. The number of ketones is 1. The Labute approximate surface area is 96.2 Å². The lowest BCUT2D eigenvalue weighted by Gasteiger charge is -1.90. The molecule has 0 saturated heterocycles. The summed E-state index contributed by atoms with van der Waals surface area (Å²) in [6, 6.07) is 0. The Kier molecular flexibility index (Phi) is 2.47. The maximum absolute atomic E-state index is 12.0. The lowest BCUT2D eigenvalue weighted by molar-refractivity contribution is 0.103. The van der Waals surface area contributed by atoms with Gasteiger partial charge in [0, 0.05) is 27.7 Å². The third-order valence-corrected chi connectivity index (χ3v) is 3.01. The molecule has 2 heterocycles. The maximum Gasteiger partial charge on any atom is 0.223 e. The van der Waals surface area contributed by atoms with Crippen LogP contribution in [0.25, 0.3) is 13.2 Å². The topological polar surface area (TPSA) is 45.8 Å². The normalized spacial score (nSPS) is 9.94. The highest BCUT2D eigenvalue weighted by atomic mass is 32.1. The summed E-state index contributed by atoms with van der Waals surface area (Å²) in [6.07, 6.45) is 6.78. The molecule has 0 saturated carbocycles. The van der Waals surface area contributed by atoms with E-state index in [-0.39, 0.29) is 5.78 Å². The second kappa shape index (κ2) is 3.80. The number of aromatic amines is 1. The number of thiazole rings is 1. The van der Waals surface area contributed by atoms with E-state index in [1.807, 2.05) is 0 Å². The van der Waals surface area contributed by atoms with Crippen LogP contribution in [0.5, 0.6) is 0 Å². The van der Waals surface area contributed by atoms with Gasteiger partial charge in [0.2, 0.25) is 5.78 Å². The lowest BCUT2D eigenvalue weighted by atomic mass is 10.2. The number of carbonyl (C=O) groups is 1. The molecule has 0 radical (unpaired) electrons. The molecule has 2 aromatic heterocycles. The molecule has 0 aliphatic rings. The van der Waals surface area contributed by atoms with Crippen molar-refractivity contribution >= 4 is 30.3 Å². The fraction of sp³-hybridized carbons (Fsp3) is 0. The summed E-state index contributed by atoms with van der Waals surface area (Å²) in [5.41, 5.74) is 0.965. The third-order valence-electron chi connectivity index (χ3n) is 2.17. The van der Waals surface area contributed by atoms with Crippen LogP contribution in [0.1, 0.15) is 21.1 Å². The van der Waals surface area contributed by atoms with Crippen LogP contribution < -0.4 is 10.6 Å². The van der Waals surface area contributed by atoms with Gasteiger partial charge in [0.05, 0.1) is 0 Å². The molecule has 2 aromatic rings. The van der Waals surface area contributed by atoms with Gasteiger partial charge >= 0.3 is 0 Å². The Balaban J connectivity index is 2.48. The van der Waals surface area contributed by atoms with Crippen LogP contribution in [0, 0.1) is 12.3 Å². The molecule has 0 bridgehead atoms. The molecular weight excluding hydrogens is 220 g/mol. The minimum Gasteiger partial charge on any atom is -0.361 e. The molecule has 0 aromatic carbocycles. The molecule has 0 fully saturated rings. The number of rotatable bonds is 2. The van der Waals surface area contributed by atoms with E-state index < -0.39 is 0 Å². The molecule has 16 heavy (non-hydrogen) atoms. The maximum atomic E-state index is 12.0. The number of nitrogens with one attached hydrogen (secondary N) is 1. The van der Waals surface area contributed by atoms with Crippen LogP contribution >= 0.6 is 11.3 Å². The van der Waals surface area contributed by atoms with E-state index in [9.17, 15) is 4.79 Å². The largest absolute Gasteiger partial charge is 0.361 e. The van der Waals surface area contributed by atoms with Crippen molar-refractivity contribution in [2.45, 2.75) is 0 Å². The van der Waals surface area contributed by atoms with Crippen molar-refractivity contribution in [2.75, 3.05) is 0 Å². The molecule has 0 spiro atoms. The zero-order valence-electron chi connectivity index (χ0n) is 8.41. The molecule has 1 N–H and O–H groups in total. The zero-order valence-corrected chi connectivity index (χ0v) is 9.23. The van der Waals surface area contributed by atoms with Crippen molar-refractivity contribution in [3.05, 3.63) is 38.4 Å². The number of H-pyrrole nitrogens is 1. The van der Waals surface area contributed by atoms with Gasteiger partial charge in [0.15, 0.2) is 5.01 Å². The van der Waals surface area contributed by atoms with E-state index in [1.165, 1.54) is 11.3 Å². The molecular formula is C12H8N2OS. The molecule has 0 atom stereocenters. The van der Waals surface area contributed by atoms with E-state index in [0.717, 1.165) is 0 Å². The second-order valence-electron chi connectivity index (χ2n) is 3.17. The van der Waals surface area contributed by atoms with Crippen LogP contribution in [0.3, 0.4) is 0 Å². The number of aromatic nitrogens is 2. The second-order valence-corrected chi connectivity index (χ2v) is 4.03. The van der Waals surface area contributed by atoms with Crippen LogP contribution in [-0.4, -0.2) is 15.8 Å². The van der Waals surface area contributed by atoms with Crippen LogP contribution in [-0.2, 0) is 0 Å². The van der Waals surface area contributed by atoms with Crippen molar-refractivity contribution in [3.63, 3.8) is 0 Å². The monoisotopic (exact) mass is 228 g/mol. The smallest absolute Gasteiger partial charge is 0.223 e. The van der Waals surface area contributed by atoms with E-state index in [2.05, 4.69) is 29.0 Å². The van der Waals surface area contributed by atoms with Crippen molar-refractivity contribution < 1.29 is 4.79 Å². The Morgan fingerprint density at radius 2 is 2.31 bits per heavy atom. The number of hydrogen-bond acceptors (Lipinski definition) is 3. The Morgan fingerprint density at radius 3 is 2.81 bits per heavy atom. The minimum atomic E-state index is -0.178. The molecule has 2 rings (SSSR count). The Hall–Kier alpha value is -2.12. The van der Waals surface area contributed by atoms with Gasteiger partial charge in [-0.2, -0.15) is 0 Å². The van der Waals surface area contributed by atoms with Gasteiger partial charge in [-0.1, -0.05) is 13.2 Å². The fourth-order valence-electron chi connectivity index (χ4n) is 1.26. The summed E-state index contributed by atoms with van der Waals surface area (Å²) in [5, 5.41) is 3.28. The van der Waals surface area contributed by atoms with Crippen LogP contribution in [0.15, 0.2) is 11.6 Å². The number of carbonyl (C=O) groups excluding carboxylic acids is 1. The summed E-state index contributed by atoms with van der Waals surface area (Å²) < 4.78 is 0. The van der Waals surface area contributed by atoms with Gasteiger partial charge in [0.25, 0.3) is 0 Å². The first kappa shape index (κ1) is 10.4. The van der Waals surface area contributed by atoms with Crippen molar-refractivity contribution in [1.82, 2.24) is 9.97 Å². The predicted molar refractivity (Wildman–Crippen MR) is 64.6 cm³/mol. The van der Waals surface area contributed by atoms with Crippen molar-refractivity contribution in [3.8, 4) is 12.3 Å². The summed E-state index contributed by atoms with van der Waals surface area (Å²) in [5.74, 6) is 2.21. The molecule has 0 unspecified atom stereocenters. The number of terminal acetylenes is 1. The summed E-state index contributed by atoms with van der Waals surface area (Å²) in [4.78, 5) is 18.9. The minimum absolute atomic E-state index is 0.178. The first-order chi connectivity index (χ1) is 7.63. The van der Waals surface area contributed by atoms with Crippen molar-refractivity contribution in [1.29, 1.82) is 0 Å². The third kappa shape index (κ3) is 1.58. The average molecular weight is 228 g/mol. The SMILES string of the molecule is C#Cc1csc(C(=O)c2c[nH]c(=C)c2=C)n1. The van der Waals surface area contributed by atoms with E-state index in [4.69, 9.17) is 6.42 Å². The number of nitrogens with zero attached hydrogens (tertiary/aromatic N) is 1. The average Bonchev–Trinajstić information content (AvgIpc) is 2.87. The van der Waals surface area contributed by atoms with Crippen LogP contribution in [0.2, 0.25) is 0 Å². The molecule has 0 amide bonds. The molecule has 78 valence electrons. The fourth-order valence-corrected chi connectivity index (χ4v) is 1.97. The quantitative estimate of drug-likeness (QED) is 0.601. The highest BCUT2D eigenvalue weighted by Gasteiger charge is 2.14. The van der Waals surface area contributed by atoms with Gasteiger partial charge in [-0.25, -0.2) is 4.98 Å². The van der Waals surface area contributed by atoms with E-state index in [1.54, 1.807) is 11.6 Å². The van der Waals surface area contributed by atoms with Gasteiger partial charge in [-0.15, -0.1) is 17.8 Å². The summed E-state index contributed by atoms with van der Waals surface area (Å²) in [7, 11) is 0. The zero-order chi connectivity index (χ0) is 11.7. The van der Waals surface area contributed by atoms with Gasteiger partial charge in [-0.3, -0.25) is 4.79 Å². The predicted octanol–water partition coefficient (Wildman–Crippen LogP) is 0.504. The lowest BCUT2D eigenvalue weighted by Crippen LogP contribution is -2.24. The Bertz CT molecular complexity index is 687. The highest BCUT2D eigenvalue weighted by molar-refractivity contribution is 7.12. The first-order valence-electron chi connectivity index (χ1n) is 4.45. The molecule has 3 nitrogen and oxygen atoms in total. The van der Waals surface area contributed by atoms with E-state index >= 15 is 0 Å². The highest BCUT2D eigenvalue weighted by Crippen LogP contribution is 2.11. The molecule has 0 aliphatic carbocycles. The van der Waals surface area contributed by atoms with Gasteiger partial charge in [-0.05, 0) is 5.92 Å². The van der Waals surface area contributed by atoms with Gasteiger partial charge < -0.3 is 4.98 Å². The summed E-state index contributed by atoms with van der Waals surface area (Å²) in [6.45, 7) is 7.49. The summed E-state index contributed by atoms with van der Waals surface area (Å²) >= 11 is 1.23. The van der Waals surface area contributed by atoms with Gasteiger partial charge in [0.1, 0.15) is 5.69 Å². The number of hydrogen-bond donors (Lipinski definition) is 1. The van der Waals surface area contributed by atoms with E-state index in [0.29, 0.717) is 26.8 Å². The first-order valence-corrected chi connectivity index (χ1v) is 5.33. The standard InChI is InChI=1S/C12H8N2OS/c1-4-9-6-16-12(14-9)11(15)10-5-13-8(3)7(10)2/h1,5-6,13H,2-3H2. The van der Waals surface area contributed by atoms with Crippen molar-refractivity contribution in [2.24, 2.45) is 0 Å². The van der Waals surface area contributed by atoms with Crippen LogP contribution in [0.4, 0.5) is 0 Å².